The SMILES string of the molecule is O=C(NCC1CCCN1)c1n[nH]c2ccccc12. The number of hydrogen-bond donors (Lipinski definition) is 3. The lowest BCUT2D eigenvalue weighted by Gasteiger charge is -2.10. The van der Waals surface area contributed by atoms with Crippen molar-refractivity contribution >= 4 is 16.8 Å². The van der Waals surface area contributed by atoms with Crippen molar-refractivity contribution in [3.8, 4) is 0 Å². The number of amides is 1. The number of carbonyl (C=O) groups is 1. The zero-order chi connectivity index (χ0) is 12.4. The molecule has 2 heterocycles. The van der Waals surface area contributed by atoms with Crippen LogP contribution in [0, 0.1) is 0 Å². The summed E-state index contributed by atoms with van der Waals surface area (Å²) in [5.41, 5.74) is 1.37. The summed E-state index contributed by atoms with van der Waals surface area (Å²) in [4.78, 5) is 12.1. The summed E-state index contributed by atoms with van der Waals surface area (Å²) in [7, 11) is 0. The number of nitrogens with one attached hydrogen (secondary N) is 3. The lowest BCUT2D eigenvalue weighted by atomic mass is 10.2. The van der Waals surface area contributed by atoms with Gasteiger partial charge in [-0.3, -0.25) is 9.89 Å². The Balaban J connectivity index is 1.71. The minimum absolute atomic E-state index is 0.110. The summed E-state index contributed by atoms with van der Waals surface area (Å²) >= 11 is 0. The normalized spacial score (nSPS) is 19.2. The standard InChI is InChI=1S/C13H16N4O/c18-13(15-8-9-4-3-7-14-9)12-10-5-1-2-6-11(10)16-17-12/h1-2,5-6,9,14H,3-4,7-8H2,(H,15,18)(H,16,17). The molecule has 1 atom stereocenters. The van der Waals surface area contributed by atoms with Crippen LogP contribution in [0.3, 0.4) is 0 Å². The van der Waals surface area contributed by atoms with Crippen molar-refractivity contribution in [2.45, 2.75) is 18.9 Å². The fourth-order valence-electron chi connectivity index (χ4n) is 2.37. The molecule has 94 valence electrons. The number of carbonyl (C=O) groups excluding carboxylic acids is 1. The molecule has 0 spiro atoms. The van der Waals surface area contributed by atoms with E-state index in [9.17, 15) is 4.79 Å². The third-order valence-corrected chi connectivity index (χ3v) is 3.36. The van der Waals surface area contributed by atoms with E-state index in [1.807, 2.05) is 24.3 Å². The quantitative estimate of drug-likeness (QED) is 0.755. The zero-order valence-electron chi connectivity index (χ0n) is 10.1. The van der Waals surface area contributed by atoms with Crippen LogP contribution in [0.2, 0.25) is 0 Å². The van der Waals surface area contributed by atoms with E-state index in [0.717, 1.165) is 23.9 Å². The predicted octanol–water partition coefficient (Wildman–Crippen LogP) is 1.04. The van der Waals surface area contributed by atoms with Crippen molar-refractivity contribution in [3.63, 3.8) is 0 Å². The summed E-state index contributed by atoms with van der Waals surface area (Å²) in [6.07, 6.45) is 2.31. The summed E-state index contributed by atoms with van der Waals surface area (Å²) in [5, 5.41) is 14.1. The van der Waals surface area contributed by atoms with Gasteiger partial charge in [-0.15, -0.1) is 0 Å². The van der Waals surface area contributed by atoms with Crippen LogP contribution in [0.25, 0.3) is 10.9 Å². The Morgan fingerprint density at radius 2 is 2.33 bits per heavy atom. The number of hydrogen-bond acceptors (Lipinski definition) is 3. The van der Waals surface area contributed by atoms with Crippen LogP contribution in [0.4, 0.5) is 0 Å². The molecule has 1 amide bonds. The largest absolute Gasteiger partial charge is 0.349 e. The summed E-state index contributed by atoms with van der Waals surface area (Å²) < 4.78 is 0. The molecule has 1 saturated heterocycles. The van der Waals surface area contributed by atoms with Gasteiger partial charge >= 0.3 is 0 Å². The molecule has 0 saturated carbocycles. The van der Waals surface area contributed by atoms with Crippen LogP contribution >= 0.6 is 0 Å². The van der Waals surface area contributed by atoms with E-state index in [1.165, 1.54) is 6.42 Å². The Labute approximate surface area is 105 Å². The molecule has 5 heteroatoms. The van der Waals surface area contributed by atoms with Gasteiger partial charge in [0.15, 0.2) is 5.69 Å². The van der Waals surface area contributed by atoms with E-state index in [2.05, 4.69) is 20.8 Å². The number of H-pyrrole nitrogens is 1. The van der Waals surface area contributed by atoms with Crippen LogP contribution in [-0.4, -0.2) is 35.2 Å². The van der Waals surface area contributed by atoms with Gasteiger partial charge in [-0.2, -0.15) is 5.10 Å². The Bertz CT molecular complexity index is 557. The predicted molar refractivity (Wildman–Crippen MR) is 69.5 cm³/mol. The monoisotopic (exact) mass is 244 g/mol. The van der Waals surface area contributed by atoms with E-state index in [4.69, 9.17) is 0 Å². The Morgan fingerprint density at radius 3 is 3.17 bits per heavy atom. The molecule has 1 unspecified atom stereocenters. The van der Waals surface area contributed by atoms with Gasteiger partial charge in [0.25, 0.3) is 5.91 Å². The molecule has 2 aromatic rings. The van der Waals surface area contributed by atoms with Gasteiger partial charge < -0.3 is 10.6 Å². The molecule has 1 aromatic carbocycles. The number of para-hydroxylation sites is 1. The number of aromatic nitrogens is 2. The van der Waals surface area contributed by atoms with Crippen LogP contribution < -0.4 is 10.6 Å². The van der Waals surface area contributed by atoms with Crippen LogP contribution in [0.1, 0.15) is 23.3 Å². The van der Waals surface area contributed by atoms with Gasteiger partial charge in [-0.05, 0) is 25.5 Å². The molecular weight excluding hydrogens is 228 g/mol. The first kappa shape index (κ1) is 11.2. The molecule has 1 aliphatic rings. The smallest absolute Gasteiger partial charge is 0.272 e. The maximum atomic E-state index is 12.1. The molecule has 1 aliphatic heterocycles. The lowest BCUT2D eigenvalue weighted by Crippen LogP contribution is -2.37. The number of nitrogens with zero attached hydrogens (tertiary/aromatic N) is 1. The lowest BCUT2D eigenvalue weighted by molar-refractivity contribution is 0.0947. The van der Waals surface area contributed by atoms with Gasteiger partial charge in [0.2, 0.25) is 0 Å². The molecule has 5 nitrogen and oxygen atoms in total. The molecule has 18 heavy (non-hydrogen) atoms. The Hall–Kier alpha value is -1.88. The number of fused-ring (bicyclic) bond motifs is 1. The average Bonchev–Trinajstić information content (AvgIpc) is 3.05. The highest BCUT2D eigenvalue weighted by Crippen LogP contribution is 2.14. The van der Waals surface area contributed by atoms with Crippen LogP contribution in [0.15, 0.2) is 24.3 Å². The molecule has 1 fully saturated rings. The number of benzene rings is 1. The summed E-state index contributed by atoms with van der Waals surface area (Å²) in [5.74, 6) is -0.110. The van der Waals surface area contributed by atoms with E-state index < -0.39 is 0 Å². The highest BCUT2D eigenvalue weighted by molar-refractivity contribution is 6.04. The van der Waals surface area contributed by atoms with Gasteiger partial charge in [0.05, 0.1) is 5.52 Å². The second-order valence-corrected chi connectivity index (χ2v) is 4.62. The third-order valence-electron chi connectivity index (χ3n) is 3.36. The third kappa shape index (κ3) is 2.09. The maximum absolute atomic E-state index is 12.1. The molecule has 0 aliphatic carbocycles. The highest BCUT2D eigenvalue weighted by atomic mass is 16.1. The van der Waals surface area contributed by atoms with Gasteiger partial charge in [-0.25, -0.2) is 0 Å². The van der Waals surface area contributed by atoms with E-state index in [-0.39, 0.29) is 5.91 Å². The highest BCUT2D eigenvalue weighted by Gasteiger charge is 2.17. The van der Waals surface area contributed by atoms with Crippen LogP contribution in [0.5, 0.6) is 0 Å². The minimum atomic E-state index is -0.110. The van der Waals surface area contributed by atoms with Crippen molar-refractivity contribution in [3.05, 3.63) is 30.0 Å². The second-order valence-electron chi connectivity index (χ2n) is 4.62. The first-order chi connectivity index (χ1) is 8.84. The number of aromatic amines is 1. The van der Waals surface area contributed by atoms with E-state index in [1.54, 1.807) is 0 Å². The van der Waals surface area contributed by atoms with Crippen molar-refractivity contribution in [1.29, 1.82) is 0 Å². The molecule has 3 rings (SSSR count). The number of rotatable bonds is 3. The van der Waals surface area contributed by atoms with E-state index in [0.29, 0.717) is 18.3 Å². The molecule has 1 aromatic heterocycles. The van der Waals surface area contributed by atoms with Gasteiger partial charge in [0.1, 0.15) is 0 Å². The van der Waals surface area contributed by atoms with Crippen molar-refractivity contribution in [2.75, 3.05) is 13.1 Å². The summed E-state index contributed by atoms with van der Waals surface area (Å²) in [6.45, 7) is 1.71. The second kappa shape index (κ2) is 4.78. The summed E-state index contributed by atoms with van der Waals surface area (Å²) in [6, 6.07) is 8.05. The van der Waals surface area contributed by atoms with Crippen molar-refractivity contribution in [1.82, 2.24) is 20.8 Å². The first-order valence-electron chi connectivity index (χ1n) is 6.29. The topological polar surface area (TPSA) is 69.8 Å². The van der Waals surface area contributed by atoms with Crippen molar-refractivity contribution < 1.29 is 4.79 Å². The zero-order valence-corrected chi connectivity index (χ0v) is 10.1. The first-order valence-corrected chi connectivity index (χ1v) is 6.29. The molecule has 3 N–H and O–H groups in total. The van der Waals surface area contributed by atoms with Crippen LogP contribution in [-0.2, 0) is 0 Å². The molecule has 0 bridgehead atoms. The Kier molecular flexibility index (Phi) is 2.98. The fraction of sp³-hybridized carbons (Fsp3) is 0.385. The van der Waals surface area contributed by atoms with Gasteiger partial charge in [0, 0.05) is 18.0 Å². The molecular formula is C13H16N4O. The Morgan fingerprint density at radius 1 is 1.44 bits per heavy atom. The van der Waals surface area contributed by atoms with Gasteiger partial charge in [-0.1, -0.05) is 18.2 Å². The minimum Gasteiger partial charge on any atom is -0.349 e. The average molecular weight is 244 g/mol. The van der Waals surface area contributed by atoms with E-state index >= 15 is 0 Å². The fourth-order valence-corrected chi connectivity index (χ4v) is 2.37. The molecule has 0 radical (unpaired) electrons. The maximum Gasteiger partial charge on any atom is 0.272 e. The van der Waals surface area contributed by atoms with Crippen molar-refractivity contribution in [2.24, 2.45) is 0 Å².